The Kier molecular flexibility index (Phi) is 4.55. The number of carbonyl (C=O) groups excluding carboxylic acids is 1. The Morgan fingerprint density at radius 3 is 2.68 bits per heavy atom. The van der Waals surface area contributed by atoms with E-state index in [1.165, 1.54) is 11.8 Å². The third-order valence-corrected chi connectivity index (χ3v) is 5.57. The summed E-state index contributed by atoms with van der Waals surface area (Å²) in [6.07, 6.45) is 1.33. The van der Waals surface area contributed by atoms with E-state index in [0.717, 1.165) is 16.7 Å². The molecular weight excluding hydrogens is 372 g/mol. The Morgan fingerprint density at radius 1 is 1.21 bits per heavy atom. The van der Waals surface area contributed by atoms with Crippen LogP contribution in [0.3, 0.4) is 0 Å². The Balaban J connectivity index is 2.13. The van der Waals surface area contributed by atoms with Crippen LogP contribution in [-0.2, 0) is 4.79 Å². The Labute approximate surface area is 167 Å². The number of hydrogen-bond donors (Lipinski definition) is 1. The van der Waals surface area contributed by atoms with Crippen LogP contribution >= 0.6 is 11.8 Å². The zero-order valence-corrected chi connectivity index (χ0v) is 17.0. The topological polar surface area (TPSA) is 69.9 Å². The van der Waals surface area contributed by atoms with E-state index >= 15 is 0 Å². The van der Waals surface area contributed by atoms with Gasteiger partial charge in [0.25, 0.3) is 6.17 Å². The second-order valence-electron chi connectivity index (χ2n) is 6.90. The third kappa shape index (κ3) is 2.82. The molecular formula is C21H21N4O2S+. The van der Waals surface area contributed by atoms with Crippen molar-refractivity contribution < 1.29 is 9.48 Å². The highest BCUT2D eigenvalue weighted by atomic mass is 32.2. The average Bonchev–Trinajstić information content (AvgIpc) is 2.68. The summed E-state index contributed by atoms with van der Waals surface area (Å²) in [5, 5.41) is 5.19. The Bertz CT molecular complexity index is 1160. The number of aryl methyl sites for hydroxylation is 2. The number of nitrogens with zero attached hydrogens (tertiary/aromatic N) is 3. The molecule has 1 aliphatic rings. The fraction of sp³-hybridized carbons (Fsp3) is 0.238. The van der Waals surface area contributed by atoms with Gasteiger partial charge in [-0.05, 0) is 48.5 Å². The van der Waals surface area contributed by atoms with E-state index < -0.39 is 6.17 Å². The molecule has 0 unspecified atom stereocenters. The summed E-state index contributed by atoms with van der Waals surface area (Å²) in [5.74, 6) is -0.107. The van der Waals surface area contributed by atoms with Gasteiger partial charge in [-0.1, -0.05) is 41.6 Å². The summed E-state index contributed by atoms with van der Waals surface area (Å²) in [4.78, 5) is 30.3. The van der Waals surface area contributed by atoms with E-state index in [0.29, 0.717) is 22.1 Å². The van der Waals surface area contributed by atoms with Gasteiger partial charge < -0.3 is 0 Å². The first-order chi connectivity index (χ1) is 13.4. The van der Waals surface area contributed by atoms with Crippen LogP contribution in [0, 0.1) is 13.8 Å². The van der Waals surface area contributed by atoms with Gasteiger partial charge in [0.15, 0.2) is 0 Å². The van der Waals surface area contributed by atoms with Crippen LogP contribution in [-0.4, -0.2) is 22.2 Å². The number of benzene rings is 2. The van der Waals surface area contributed by atoms with Gasteiger partial charge in [0.05, 0.1) is 11.3 Å². The first-order valence-corrected chi connectivity index (χ1v) is 10.2. The maximum Gasteiger partial charge on any atom is 0.325 e. The number of rotatable bonds is 2. The molecule has 2 aromatic carbocycles. The van der Waals surface area contributed by atoms with Crippen molar-refractivity contribution >= 4 is 23.4 Å². The largest absolute Gasteiger partial charge is 0.325 e. The molecule has 0 radical (unpaired) electrons. The van der Waals surface area contributed by atoms with Crippen LogP contribution in [0.25, 0.3) is 11.3 Å². The summed E-state index contributed by atoms with van der Waals surface area (Å²) < 4.78 is 1.69. The van der Waals surface area contributed by atoms with Crippen molar-refractivity contribution in [1.29, 1.82) is 0 Å². The molecule has 1 atom stereocenters. The van der Waals surface area contributed by atoms with Gasteiger partial charge in [-0.2, -0.15) is 0 Å². The van der Waals surface area contributed by atoms with Crippen molar-refractivity contribution in [1.82, 2.24) is 10.1 Å². The number of para-hydroxylation sites is 1. The lowest BCUT2D eigenvalue weighted by Gasteiger charge is -2.32. The molecule has 3 aromatic rings. The second kappa shape index (κ2) is 6.91. The van der Waals surface area contributed by atoms with E-state index in [-0.39, 0.29) is 11.5 Å². The van der Waals surface area contributed by atoms with E-state index in [4.69, 9.17) is 0 Å². The molecule has 0 bridgehead atoms. The molecule has 2 heterocycles. The fourth-order valence-electron chi connectivity index (χ4n) is 3.72. The lowest BCUT2D eigenvalue weighted by molar-refractivity contribution is -0.763. The van der Waals surface area contributed by atoms with Crippen molar-refractivity contribution in [2.45, 2.75) is 32.1 Å². The molecule has 6 nitrogen and oxygen atoms in total. The predicted molar refractivity (Wildman–Crippen MR) is 109 cm³/mol. The molecule has 1 aromatic heterocycles. The number of thioether (sulfide) groups is 1. The normalized spacial score (nSPS) is 15.1. The van der Waals surface area contributed by atoms with Crippen LogP contribution < -0.4 is 15.1 Å². The SMILES string of the molecule is CSc1n[n+]2c(c(=O)[nH]1)-c1ccccc1N(C(C)=O)[C@H]2c1cc(C)ccc1C. The molecule has 1 aliphatic heterocycles. The van der Waals surface area contributed by atoms with Crippen LogP contribution in [0.2, 0.25) is 0 Å². The minimum absolute atomic E-state index is 0.107. The van der Waals surface area contributed by atoms with E-state index in [9.17, 15) is 9.59 Å². The van der Waals surface area contributed by atoms with Gasteiger partial charge in [0, 0.05) is 17.6 Å². The number of H-pyrrole nitrogens is 1. The summed E-state index contributed by atoms with van der Waals surface area (Å²) in [6, 6.07) is 13.6. The number of aromatic amines is 1. The molecule has 0 saturated heterocycles. The van der Waals surface area contributed by atoms with Crippen molar-refractivity contribution in [3.8, 4) is 11.3 Å². The van der Waals surface area contributed by atoms with Gasteiger partial charge in [0.2, 0.25) is 11.1 Å². The third-order valence-electron chi connectivity index (χ3n) is 5.00. The highest BCUT2D eigenvalue weighted by molar-refractivity contribution is 7.98. The summed E-state index contributed by atoms with van der Waals surface area (Å²) >= 11 is 1.36. The van der Waals surface area contributed by atoms with Gasteiger partial charge in [-0.3, -0.25) is 14.6 Å². The minimum atomic E-state index is -0.532. The smallest absolute Gasteiger partial charge is 0.291 e. The molecule has 0 saturated carbocycles. The van der Waals surface area contributed by atoms with Crippen LogP contribution in [0.1, 0.15) is 29.8 Å². The minimum Gasteiger partial charge on any atom is -0.291 e. The Morgan fingerprint density at radius 2 is 1.96 bits per heavy atom. The number of aromatic nitrogens is 3. The van der Waals surface area contributed by atoms with Crippen molar-refractivity contribution in [3.05, 3.63) is 69.5 Å². The number of amides is 1. The van der Waals surface area contributed by atoms with Gasteiger partial charge in [-0.15, -0.1) is 0 Å². The average molecular weight is 393 g/mol. The maximum absolute atomic E-state index is 13.0. The second-order valence-corrected chi connectivity index (χ2v) is 7.69. The van der Waals surface area contributed by atoms with Crippen molar-refractivity contribution in [3.63, 3.8) is 0 Å². The molecule has 142 valence electrons. The molecule has 0 fully saturated rings. The number of anilines is 1. The number of hydrogen-bond acceptors (Lipinski definition) is 4. The molecule has 7 heteroatoms. The van der Waals surface area contributed by atoms with Crippen LogP contribution in [0.15, 0.2) is 52.4 Å². The predicted octanol–water partition coefficient (Wildman–Crippen LogP) is 2.98. The summed E-state index contributed by atoms with van der Waals surface area (Å²) in [7, 11) is 0. The fourth-order valence-corrected chi connectivity index (χ4v) is 4.09. The van der Waals surface area contributed by atoms with Crippen molar-refractivity contribution in [2.75, 3.05) is 11.2 Å². The molecule has 1 N–H and O–H groups in total. The molecule has 0 spiro atoms. The van der Waals surface area contributed by atoms with Gasteiger partial charge in [-0.25, -0.2) is 4.90 Å². The number of nitrogens with one attached hydrogen (secondary N) is 1. The summed E-state index contributed by atoms with van der Waals surface area (Å²) in [5.41, 5.74) is 4.71. The standard InChI is InChI=1S/C21H20N4O2S/c1-12-9-10-13(2)16(11-12)20-24(14(3)26)17-8-6-5-7-15(17)18-19(27)22-21(28-4)23-25(18)20/h5-11,20H,1-4H3/p+1/t20-/m1/s1. The molecule has 1 amide bonds. The maximum atomic E-state index is 13.0. The van der Waals surface area contributed by atoms with Crippen molar-refractivity contribution in [2.24, 2.45) is 0 Å². The lowest BCUT2D eigenvalue weighted by atomic mass is 9.97. The zero-order chi connectivity index (χ0) is 20.0. The molecule has 0 aliphatic carbocycles. The van der Waals surface area contributed by atoms with Gasteiger partial charge in [0.1, 0.15) is 0 Å². The lowest BCUT2D eigenvalue weighted by Crippen LogP contribution is -2.60. The quantitative estimate of drug-likeness (QED) is 0.537. The van der Waals surface area contributed by atoms with E-state index in [1.807, 2.05) is 56.5 Å². The Hall–Kier alpha value is -2.93. The van der Waals surface area contributed by atoms with Crippen LogP contribution in [0.4, 0.5) is 5.69 Å². The summed E-state index contributed by atoms with van der Waals surface area (Å²) in [6.45, 7) is 5.57. The highest BCUT2D eigenvalue weighted by Gasteiger charge is 2.45. The molecule has 4 rings (SSSR count). The first kappa shape index (κ1) is 18.4. The zero-order valence-electron chi connectivity index (χ0n) is 16.2. The van der Waals surface area contributed by atoms with E-state index in [1.54, 1.807) is 16.5 Å². The molecule has 28 heavy (non-hydrogen) atoms. The highest BCUT2D eigenvalue weighted by Crippen LogP contribution is 2.38. The number of fused-ring (bicyclic) bond motifs is 3. The van der Waals surface area contributed by atoms with Crippen LogP contribution in [0.5, 0.6) is 0 Å². The number of carbonyl (C=O) groups is 1. The monoisotopic (exact) mass is 393 g/mol. The first-order valence-electron chi connectivity index (χ1n) is 8.99. The van der Waals surface area contributed by atoms with Gasteiger partial charge >= 0.3 is 11.3 Å². The van der Waals surface area contributed by atoms with E-state index in [2.05, 4.69) is 16.1 Å².